The second kappa shape index (κ2) is 9.35. The third kappa shape index (κ3) is 5.76. The molecule has 0 saturated heterocycles. The van der Waals surface area contributed by atoms with Crippen LogP contribution in [0.5, 0.6) is 5.75 Å². The lowest BCUT2D eigenvalue weighted by Crippen LogP contribution is -2.28. The van der Waals surface area contributed by atoms with Crippen LogP contribution in [-0.4, -0.2) is 61.3 Å². The van der Waals surface area contributed by atoms with E-state index >= 15 is 0 Å². The Kier molecular flexibility index (Phi) is 7.36. The average molecular weight is 442 g/mol. The fourth-order valence-corrected chi connectivity index (χ4v) is 3.95. The Morgan fingerprint density at radius 3 is 2.24 bits per heavy atom. The van der Waals surface area contributed by atoms with Crippen LogP contribution in [0.3, 0.4) is 0 Å². The lowest BCUT2D eigenvalue weighted by atomic mass is 10.2. The summed E-state index contributed by atoms with van der Waals surface area (Å²) < 4.78 is 56.5. The smallest absolute Gasteiger partial charge is 0.251 e. The van der Waals surface area contributed by atoms with Crippen LogP contribution in [0.25, 0.3) is 0 Å². The first kappa shape index (κ1) is 22.8. The van der Waals surface area contributed by atoms with Crippen molar-refractivity contribution in [2.75, 3.05) is 34.3 Å². The van der Waals surface area contributed by atoms with Crippen molar-refractivity contribution in [1.29, 1.82) is 0 Å². The maximum Gasteiger partial charge on any atom is 0.251 e. The van der Waals surface area contributed by atoms with Gasteiger partial charge in [0, 0.05) is 19.7 Å². The molecule has 0 unspecified atom stereocenters. The van der Waals surface area contributed by atoms with Crippen LogP contribution in [0, 0.1) is 0 Å². The molecule has 9 nitrogen and oxygen atoms in total. The van der Waals surface area contributed by atoms with Gasteiger partial charge in [0.05, 0.1) is 16.3 Å². The molecule has 2 N–H and O–H groups in total. The molecule has 0 spiro atoms. The lowest BCUT2D eigenvalue weighted by molar-refractivity contribution is 0.0946. The molecular weight excluding hydrogens is 418 g/mol. The second-order valence-corrected chi connectivity index (χ2v) is 10.1. The van der Waals surface area contributed by atoms with Crippen molar-refractivity contribution >= 4 is 26.0 Å². The molecule has 0 aliphatic heterocycles. The summed E-state index contributed by atoms with van der Waals surface area (Å²) >= 11 is 0. The number of nitrogens with zero attached hydrogens (tertiary/aromatic N) is 1. The molecule has 0 saturated carbocycles. The SMILES string of the molecule is CNS(=O)(=O)c1cccc(C(=O)NCCOc2ccc(S(=O)(=O)N(C)C)cc2)c1. The first-order chi connectivity index (χ1) is 13.6. The van der Waals surface area contributed by atoms with Crippen molar-refractivity contribution < 1.29 is 26.4 Å². The Labute approximate surface area is 170 Å². The molecule has 29 heavy (non-hydrogen) atoms. The van der Waals surface area contributed by atoms with E-state index in [4.69, 9.17) is 4.74 Å². The van der Waals surface area contributed by atoms with Gasteiger partial charge >= 0.3 is 0 Å². The molecule has 2 aromatic carbocycles. The largest absolute Gasteiger partial charge is 0.492 e. The molecule has 2 aromatic rings. The first-order valence-electron chi connectivity index (χ1n) is 8.55. The molecule has 2 rings (SSSR count). The van der Waals surface area contributed by atoms with Crippen LogP contribution >= 0.6 is 0 Å². The zero-order chi connectivity index (χ0) is 21.7. The predicted molar refractivity (Wildman–Crippen MR) is 108 cm³/mol. The van der Waals surface area contributed by atoms with Gasteiger partial charge in [-0.1, -0.05) is 6.07 Å². The standard InChI is InChI=1S/C18H23N3O6S2/c1-19-28(23,24)17-6-4-5-14(13-17)18(22)20-11-12-27-15-7-9-16(10-8-15)29(25,26)21(2)3/h4-10,13,19H,11-12H2,1-3H3,(H,20,22). The Hall–Kier alpha value is -2.47. The van der Waals surface area contributed by atoms with Gasteiger partial charge in [0.15, 0.2) is 0 Å². The molecule has 0 aliphatic carbocycles. The zero-order valence-corrected chi connectivity index (χ0v) is 17.9. The fourth-order valence-electron chi connectivity index (χ4n) is 2.28. The van der Waals surface area contributed by atoms with Crippen molar-refractivity contribution in [3.8, 4) is 5.75 Å². The number of rotatable bonds is 9. The topological polar surface area (TPSA) is 122 Å². The van der Waals surface area contributed by atoms with E-state index in [1.807, 2.05) is 0 Å². The van der Waals surface area contributed by atoms with Crippen LogP contribution < -0.4 is 14.8 Å². The van der Waals surface area contributed by atoms with E-state index in [0.717, 1.165) is 4.31 Å². The minimum absolute atomic E-state index is 0.00309. The number of sulfonamides is 2. The van der Waals surface area contributed by atoms with Crippen LogP contribution in [0.2, 0.25) is 0 Å². The highest BCUT2D eigenvalue weighted by atomic mass is 32.2. The minimum Gasteiger partial charge on any atom is -0.492 e. The summed E-state index contributed by atoms with van der Waals surface area (Å²) in [6.07, 6.45) is 0. The van der Waals surface area contributed by atoms with Crippen LogP contribution in [0.15, 0.2) is 58.3 Å². The summed E-state index contributed by atoms with van der Waals surface area (Å²) in [4.78, 5) is 12.3. The maximum absolute atomic E-state index is 12.2. The molecule has 0 fully saturated rings. The molecule has 0 heterocycles. The van der Waals surface area contributed by atoms with E-state index in [1.54, 1.807) is 0 Å². The maximum atomic E-state index is 12.2. The summed E-state index contributed by atoms with van der Waals surface area (Å²) in [5.74, 6) is 0.0215. The van der Waals surface area contributed by atoms with Crippen molar-refractivity contribution in [2.24, 2.45) is 0 Å². The van der Waals surface area contributed by atoms with E-state index in [1.165, 1.54) is 69.7 Å². The van der Waals surface area contributed by atoms with Crippen LogP contribution in [-0.2, 0) is 20.0 Å². The normalized spacial score (nSPS) is 12.0. The van der Waals surface area contributed by atoms with E-state index in [9.17, 15) is 21.6 Å². The molecule has 1 amide bonds. The highest BCUT2D eigenvalue weighted by molar-refractivity contribution is 7.89. The quantitative estimate of drug-likeness (QED) is 0.551. The molecule has 11 heteroatoms. The molecule has 0 bridgehead atoms. The van der Waals surface area contributed by atoms with Gasteiger partial charge in [0.25, 0.3) is 5.91 Å². The Morgan fingerprint density at radius 1 is 1.00 bits per heavy atom. The Balaban J connectivity index is 1.90. The fraction of sp³-hybridized carbons (Fsp3) is 0.278. The number of benzene rings is 2. The number of nitrogens with one attached hydrogen (secondary N) is 2. The molecule has 0 radical (unpaired) electrons. The van der Waals surface area contributed by atoms with Gasteiger partial charge in [-0.25, -0.2) is 25.9 Å². The summed E-state index contributed by atoms with van der Waals surface area (Å²) in [6.45, 7) is 0.333. The summed E-state index contributed by atoms with van der Waals surface area (Å²) in [7, 11) is -2.94. The van der Waals surface area contributed by atoms with Gasteiger partial charge in [-0.05, 0) is 49.5 Å². The van der Waals surface area contributed by atoms with Crippen molar-refractivity contribution in [1.82, 2.24) is 14.3 Å². The summed E-state index contributed by atoms with van der Waals surface area (Å²) in [5, 5.41) is 2.63. The van der Waals surface area contributed by atoms with E-state index in [2.05, 4.69) is 10.0 Å². The van der Waals surface area contributed by atoms with Gasteiger partial charge in [0.2, 0.25) is 20.0 Å². The summed E-state index contributed by atoms with van der Waals surface area (Å²) in [5.41, 5.74) is 0.208. The number of carbonyl (C=O) groups excluding carboxylic acids is 1. The monoisotopic (exact) mass is 441 g/mol. The zero-order valence-electron chi connectivity index (χ0n) is 16.2. The molecular formula is C18H23N3O6S2. The van der Waals surface area contributed by atoms with Gasteiger partial charge in [-0.3, -0.25) is 4.79 Å². The average Bonchev–Trinajstić information content (AvgIpc) is 2.71. The van der Waals surface area contributed by atoms with Crippen molar-refractivity contribution in [3.63, 3.8) is 0 Å². The van der Waals surface area contributed by atoms with Gasteiger partial charge in [-0.15, -0.1) is 0 Å². The predicted octanol–water partition coefficient (Wildman–Crippen LogP) is 0.654. The molecule has 0 aliphatic rings. The van der Waals surface area contributed by atoms with E-state index in [0.29, 0.717) is 5.75 Å². The third-order valence-electron chi connectivity index (χ3n) is 3.93. The Morgan fingerprint density at radius 2 is 1.66 bits per heavy atom. The number of hydrogen-bond donors (Lipinski definition) is 2. The number of carbonyl (C=O) groups is 1. The molecule has 0 aromatic heterocycles. The molecule has 158 valence electrons. The van der Waals surface area contributed by atoms with Crippen molar-refractivity contribution in [3.05, 3.63) is 54.1 Å². The Bertz CT molecular complexity index is 1070. The number of hydrogen-bond acceptors (Lipinski definition) is 6. The highest BCUT2D eigenvalue weighted by Gasteiger charge is 2.17. The second-order valence-electron chi connectivity index (χ2n) is 6.10. The third-order valence-corrected chi connectivity index (χ3v) is 7.18. The number of ether oxygens (including phenoxy) is 1. The molecule has 0 atom stereocenters. The van der Waals surface area contributed by atoms with Crippen LogP contribution in [0.4, 0.5) is 0 Å². The lowest BCUT2D eigenvalue weighted by Gasteiger charge is -2.12. The van der Waals surface area contributed by atoms with Crippen molar-refractivity contribution in [2.45, 2.75) is 9.79 Å². The first-order valence-corrected chi connectivity index (χ1v) is 11.5. The van der Waals surface area contributed by atoms with Gasteiger partial charge in [0.1, 0.15) is 12.4 Å². The van der Waals surface area contributed by atoms with Crippen LogP contribution in [0.1, 0.15) is 10.4 Å². The summed E-state index contributed by atoms with van der Waals surface area (Å²) in [6, 6.07) is 11.6. The van der Waals surface area contributed by atoms with E-state index < -0.39 is 26.0 Å². The highest BCUT2D eigenvalue weighted by Crippen LogP contribution is 2.18. The minimum atomic E-state index is -3.64. The van der Waals surface area contributed by atoms with Gasteiger partial charge in [-0.2, -0.15) is 0 Å². The number of amides is 1. The van der Waals surface area contributed by atoms with Gasteiger partial charge < -0.3 is 10.1 Å². The van der Waals surface area contributed by atoms with E-state index in [-0.39, 0.29) is 28.5 Å².